The summed E-state index contributed by atoms with van der Waals surface area (Å²) in [6.07, 6.45) is 5.49. The van der Waals surface area contributed by atoms with Crippen molar-refractivity contribution in [3.63, 3.8) is 0 Å². The van der Waals surface area contributed by atoms with E-state index in [4.69, 9.17) is 5.11 Å². The third-order valence-corrected chi connectivity index (χ3v) is 4.74. The van der Waals surface area contributed by atoms with Gasteiger partial charge in [-0.25, -0.2) is 4.68 Å². The van der Waals surface area contributed by atoms with Crippen LogP contribution in [0.1, 0.15) is 36.1 Å². The van der Waals surface area contributed by atoms with Crippen molar-refractivity contribution in [2.75, 3.05) is 0 Å². The molecule has 2 aromatic heterocycles. The van der Waals surface area contributed by atoms with Crippen LogP contribution in [0.15, 0.2) is 6.07 Å². The highest BCUT2D eigenvalue weighted by Gasteiger charge is 2.17. The van der Waals surface area contributed by atoms with Crippen LogP contribution < -0.4 is 0 Å². The Hall–Kier alpha value is -1.76. The first-order valence-electron chi connectivity index (χ1n) is 6.84. The van der Waals surface area contributed by atoms with Gasteiger partial charge < -0.3 is 5.11 Å². The van der Waals surface area contributed by atoms with Gasteiger partial charge in [-0.3, -0.25) is 4.79 Å². The van der Waals surface area contributed by atoms with Gasteiger partial charge in [-0.2, -0.15) is 0 Å². The Morgan fingerprint density at radius 2 is 2.25 bits per heavy atom. The number of nitrogens with zero attached hydrogens (tertiary/aromatic N) is 4. The molecule has 3 rings (SSSR count). The molecule has 0 saturated heterocycles. The molecule has 0 unspecified atom stereocenters. The lowest BCUT2D eigenvalue weighted by Gasteiger charge is -2.08. The second-order valence-electron chi connectivity index (χ2n) is 4.99. The predicted molar refractivity (Wildman–Crippen MR) is 74.6 cm³/mol. The lowest BCUT2D eigenvalue weighted by Crippen LogP contribution is -2.05. The molecule has 2 heterocycles. The van der Waals surface area contributed by atoms with Gasteiger partial charge in [0, 0.05) is 17.8 Å². The molecule has 0 radical (unpaired) electrons. The van der Waals surface area contributed by atoms with Crippen molar-refractivity contribution in [1.29, 1.82) is 0 Å². The first-order chi connectivity index (χ1) is 9.74. The Morgan fingerprint density at radius 1 is 1.40 bits per heavy atom. The van der Waals surface area contributed by atoms with Crippen molar-refractivity contribution < 1.29 is 9.90 Å². The van der Waals surface area contributed by atoms with E-state index in [1.165, 1.54) is 23.3 Å². The summed E-state index contributed by atoms with van der Waals surface area (Å²) < 4.78 is 1.71. The van der Waals surface area contributed by atoms with Gasteiger partial charge in [-0.1, -0.05) is 0 Å². The van der Waals surface area contributed by atoms with Crippen LogP contribution in [-0.4, -0.2) is 31.3 Å². The molecule has 2 aromatic rings. The Balaban J connectivity index is 1.78. The summed E-state index contributed by atoms with van der Waals surface area (Å²) in [5.74, 6) is -0.0269. The SMILES string of the molecule is O=C(O)CCCn1nnnc1-c1cc2c(s1)CCCC2. The minimum absolute atomic E-state index is 0.139. The number of hydrogen-bond acceptors (Lipinski definition) is 5. The van der Waals surface area contributed by atoms with E-state index in [2.05, 4.69) is 21.6 Å². The number of aliphatic carboxylic acids is 1. The van der Waals surface area contributed by atoms with Crippen LogP contribution in [0.3, 0.4) is 0 Å². The molecule has 0 bridgehead atoms. The first-order valence-corrected chi connectivity index (χ1v) is 7.65. The molecule has 1 aliphatic carbocycles. The van der Waals surface area contributed by atoms with Crippen molar-refractivity contribution in [1.82, 2.24) is 20.2 Å². The van der Waals surface area contributed by atoms with E-state index in [0.717, 1.165) is 23.5 Å². The van der Waals surface area contributed by atoms with Gasteiger partial charge in [0.15, 0.2) is 5.82 Å². The molecular weight excluding hydrogens is 276 g/mol. The zero-order valence-electron chi connectivity index (χ0n) is 11.1. The molecule has 0 aliphatic heterocycles. The molecule has 1 aliphatic rings. The van der Waals surface area contributed by atoms with E-state index in [1.807, 2.05) is 0 Å². The summed E-state index contributed by atoms with van der Waals surface area (Å²) in [6, 6.07) is 2.19. The summed E-state index contributed by atoms with van der Waals surface area (Å²) in [5, 5.41) is 20.5. The fourth-order valence-electron chi connectivity index (χ4n) is 2.51. The van der Waals surface area contributed by atoms with Gasteiger partial charge in [0.05, 0.1) is 4.88 Å². The second kappa shape index (κ2) is 5.70. The number of carboxylic acid groups (broad SMARTS) is 1. The van der Waals surface area contributed by atoms with E-state index in [-0.39, 0.29) is 6.42 Å². The molecule has 7 heteroatoms. The minimum atomic E-state index is -0.786. The Morgan fingerprint density at radius 3 is 3.05 bits per heavy atom. The van der Waals surface area contributed by atoms with Gasteiger partial charge in [-0.05, 0) is 54.2 Å². The monoisotopic (exact) mass is 292 g/mol. The van der Waals surface area contributed by atoms with Crippen molar-refractivity contribution in [2.24, 2.45) is 0 Å². The van der Waals surface area contributed by atoms with Gasteiger partial charge >= 0.3 is 5.97 Å². The van der Waals surface area contributed by atoms with Gasteiger partial charge in [0.25, 0.3) is 0 Å². The molecule has 6 nitrogen and oxygen atoms in total. The molecule has 0 spiro atoms. The number of thiophene rings is 1. The molecule has 0 fully saturated rings. The Labute approximate surface area is 120 Å². The smallest absolute Gasteiger partial charge is 0.303 e. The topological polar surface area (TPSA) is 80.9 Å². The van der Waals surface area contributed by atoms with Crippen molar-refractivity contribution >= 4 is 17.3 Å². The lowest BCUT2D eigenvalue weighted by molar-refractivity contribution is -0.137. The van der Waals surface area contributed by atoms with Crippen molar-refractivity contribution in [3.05, 3.63) is 16.5 Å². The Bertz CT molecular complexity index is 596. The number of fused-ring (bicyclic) bond motifs is 1. The van der Waals surface area contributed by atoms with Crippen LogP contribution in [0.25, 0.3) is 10.7 Å². The van der Waals surface area contributed by atoms with E-state index in [0.29, 0.717) is 13.0 Å². The number of aryl methyl sites for hydroxylation is 3. The quantitative estimate of drug-likeness (QED) is 0.913. The third-order valence-electron chi connectivity index (χ3n) is 3.51. The zero-order valence-corrected chi connectivity index (χ0v) is 11.9. The number of tetrazole rings is 1. The molecular formula is C13H16N4O2S. The van der Waals surface area contributed by atoms with Gasteiger partial charge in [-0.15, -0.1) is 16.4 Å². The molecule has 0 aromatic carbocycles. The van der Waals surface area contributed by atoms with Crippen LogP contribution in [0, 0.1) is 0 Å². The maximum atomic E-state index is 10.6. The predicted octanol–water partition coefficient (Wildman–Crippen LogP) is 2.15. The van der Waals surface area contributed by atoms with Crippen LogP contribution in [0.2, 0.25) is 0 Å². The summed E-state index contributed by atoms with van der Waals surface area (Å²) >= 11 is 1.77. The van der Waals surface area contributed by atoms with Crippen LogP contribution in [0.5, 0.6) is 0 Å². The minimum Gasteiger partial charge on any atom is -0.481 e. The molecule has 106 valence electrons. The van der Waals surface area contributed by atoms with Crippen molar-refractivity contribution in [3.8, 4) is 10.7 Å². The van der Waals surface area contributed by atoms with Crippen molar-refractivity contribution in [2.45, 2.75) is 45.1 Å². The average Bonchev–Trinajstić information content (AvgIpc) is 3.03. The van der Waals surface area contributed by atoms with Gasteiger partial charge in [0.2, 0.25) is 0 Å². The molecule has 0 atom stereocenters. The van der Waals surface area contributed by atoms with E-state index in [1.54, 1.807) is 16.0 Å². The van der Waals surface area contributed by atoms with E-state index >= 15 is 0 Å². The number of hydrogen-bond donors (Lipinski definition) is 1. The summed E-state index contributed by atoms with van der Waals surface area (Å²) in [6.45, 7) is 0.539. The molecule has 0 saturated carbocycles. The summed E-state index contributed by atoms with van der Waals surface area (Å²) in [5.41, 5.74) is 1.43. The molecule has 20 heavy (non-hydrogen) atoms. The third kappa shape index (κ3) is 2.72. The standard InChI is InChI=1S/C13H16N4O2S/c18-12(19)6-3-7-17-13(14-15-16-17)11-8-9-4-1-2-5-10(9)20-11/h8H,1-7H2,(H,18,19). The largest absolute Gasteiger partial charge is 0.481 e. The molecule has 0 amide bonds. The number of carbonyl (C=O) groups is 1. The molecule has 1 N–H and O–H groups in total. The number of rotatable bonds is 5. The maximum Gasteiger partial charge on any atom is 0.303 e. The fraction of sp³-hybridized carbons (Fsp3) is 0.538. The highest BCUT2D eigenvalue weighted by molar-refractivity contribution is 7.15. The number of carboxylic acids is 1. The normalized spacial score (nSPS) is 14.2. The van der Waals surface area contributed by atoms with Crippen LogP contribution >= 0.6 is 11.3 Å². The first kappa shape index (κ1) is 13.2. The average molecular weight is 292 g/mol. The highest BCUT2D eigenvalue weighted by atomic mass is 32.1. The maximum absolute atomic E-state index is 10.6. The summed E-state index contributed by atoms with van der Waals surface area (Å²) in [7, 11) is 0. The highest BCUT2D eigenvalue weighted by Crippen LogP contribution is 2.34. The number of aromatic nitrogens is 4. The van der Waals surface area contributed by atoms with Crippen LogP contribution in [-0.2, 0) is 24.2 Å². The second-order valence-corrected chi connectivity index (χ2v) is 6.13. The zero-order chi connectivity index (χ0) is 13.9. The van der Waals surface area contributed by atoms with E-state index < -0.39 is 5.97 Å². The van der Waals surface area contributed by atoms with Gasteiger partial charge in [0.1, 0.15) is 0 Å². The lowest BCUT2D eigenvalue weighted by atomic mass is 9.99. The summed E-state index contributed by atoms with van der Waals surface area (Å²) in [4.78, 5) is 13.1. The van der Waals surface area contributed by atoms with Crippen LogP contribution in [0.4, 0.5) is 0 Å². The Kier molecular flexibility index (Phi) is 3.77. The van der Waals surface area contributed by atoms with E-state index in [9.17, 15) is 4.79 Å². The fourth-order valence-corrected chi connectivity index (χ4v) is 3.76.